The first-order valence-corrected chi connectivity index (χ1v) is 10.3. The van der Waals surface area contributed by atoms with Crippen molar-refractivity contribution in [2.75, 3.05) is 11.9 Å². The topological polar surface area (TPSA) is 98.6 Å². The Bertz CT molecular complexity index is 834. The number of aliphatic hydroxyl groups is 1. The normalized spacial score (nSPS) is 21.7. The Kier molecular flexibility index (Phi) is 6.51. The molecular weight excluding hydrogens is 424 g/mol. The number of aryl methyl sites for hydroxylation is 2. The molecule has 150 valence electrons. The number of rotatable bonds is 6. The summed E-state index contributed by atoms with van der Waals surface area (Å²) < 4.78 is 0.720. The Labute approximate surface area is 172 Å². The molecule has 1 amide bonds. The highest BCUT2D eigenvalue weighted by Gasteiger charge is 2.43. The number of anilines is 1. The van der Waals surface area contributed by atoms with Crippen LogP contribution in [0.25, 0.3) is 0 Å². The molecule has 3 atom stereocenters. The van der Waals surface area contributed by atoms with Crippen LogP contribution in [0.4, 0.5) is 10.6 Å². The quantitative estimate of drug-likeness (QED) is 0.627. The maximum atomic E-state index is 11.8. The molecule has 0 saturated carbocycles. The first kappa shape index (κ1) is 20.5. The van der Waals surface area contributed by atoms with E-state index in [4.69, 9.17) is 0 Å². The number of aliphatic hydroxyl groups excluding tert-OH is 1. The first-order valence-electron chi connectivity index (χ1n) is 9.47. The Hall–Kier alpha value is -2.19. The molecule has 1 fully saturated rings. The van der Waals surface area contributed by atoms with Gasteiger partial charge in [0.15, 0.2) is 0 Å². The molecule has 8 heteroatoms. The van der Waals surface area contributed by atoms with Gasteiger partial charge in [-0.05, 0) is 40.8 Å². The van der Waals surface area contributed by atoms with Gasteiger partial charge in [0.2, 0.25) is 0 Å². The number of carbonyl (C=O) groups is 1. The molecular formula is C20H25BrN4O3. The van der Waals surface area contributed by atoms with E-state index in [1.54, 1.807) is 0 Å². The van der Waals surface area contributed by atoms with E-state index >= 15 is 0 Å². The van der Waals surface area contributed by atoms with Crippen LogP contribution in [-0.4, -0.2) is 55.9 Å². The molecule has 0 aliphatic carbocycles. The number of benzene rings is 1. The minimum absolute atomic E-state index is 0.0660. The molecule has 0 bridgehead atoms. The van der Waals surface area contributed by atoms with Crippen LogP contribution < -0.4 is 5.32 Å². The molecule has 3 N–H and O–H groups in total. The average molecular weight is 449 g/mol. The predicted molar refractivity (Wildman–Crippen MR) is 111 cm³/mol. The van der Waals surface area contributed by atoms with Gasteiger partial charge in [-0.1, -0.05) is 44.2 Å². The highest BCUT2D eigenvalue weighted by molar-refractivity contribution is 9.10. The van der Waals surface area contributed by atoms with Crippen molar-refractivity contribution in [1.82, 2.24) is 14.9 Å². The van der Waals surface area contributed by atoms with Gasteiger partial charge in [-0.25, -0.2) is 14.8 Å². The van der Waals surface area contributed by atoms with Crippen molar-refractivity contribution < 1.29 is 15.0 Å². The van der Waals surface area contributed by atoms with Gasteiger partial charge < -0.3 is 20.4 Å². The van der Waals surface area contributed by atoms with Gasteiger partial charge in [0, 0.05) is 0 Å². The number of hydrogen-bond acceptors (Lipinski definition) is 5. The minimum atomic E-state index is -1.03. The van der Waals surface area contributed by atoms with Crippen LogP contribution in [0.15, 0.2) is 34.9 Å². The maximum Gasteiger partial charge on any atom is 0.407 e. The van der Waals surface area contributed by atoms with Crippen LogP contribution in [0.2, 0.25) is 0 Å². The van der Waals surface area contributed by atoms with Crippen molar-refractivity contribution in [1.29, 1.82) is 0 Å². The Morgan fingerprint density at radius 3 is 2.50 bits per heavy atom. The van der Waals surface area contributed by atoms with Crippen LogP contribution >= 0.6 is 15.9 Å². The summed E-state index contributed by atoms with van der Waals surface area (Å²) in [6.07, 6.45) is 0.0376. The lowest BCUT2D eigenvalue weighted by Gasteiger charge is -2.28. The summed E-state index contributed by atoms with van der Waals surface area (Å²) in [5, 5.41) is 23.6. The average Bonchev–Trinajstić information content (AvgIpc) is 2.99. The number of β-amino-alcohol motifs (C(OH)–C–C–N with tert-alkyl or cyclic N) is 1. The summed E-state index contributed by atoms with van der Waals surface area (Å²) in [6, 6.07) is 8.84. The number of aromatic nitrogens is 2. The molecule has 1 saturated heterocycles. The van der Waals surface area contributed by atoms with Crippen molar-refractivity contribution in [3.63, 3.8) is 0 Å². The molecule has 3 rings (SSSR count). The SMILES string of the molecule is CCc1nc(NC2C(O)CN(C(=O)O)C2Cc2ccccc2)c(CC)nc1Br. The molecule has 2 aromatic rings. The summed E-state index contributed by atoms with van der Waals surface area (Å²) in [5.74, 6) is 0.608. The largest absolute Gasteiger partial charge is 0.465 e. The molecule has 1 aromatic heterocycles. The van der Waals surface area contributed by atoms with Gasteiger partial charge in [-0.3, -0.25) is 0 Å². The van der Waals surface area contributed by atoms with E-state index in [1.807, 2.05) is 44.2 Å². The standard InChI is InChI=1S/C20H25BrN4O3/c1-3-13-18(21)22-14(4-2)19(23-13)24-17-15(10-12-8-6-5-7-9-12)25(20(27)28)11-16(17)26/h5-9,15-17,26H,3-4,10-11H2,1-2H3,(H,23,24)(H,27,28). The highest BCUT2D eigenvalue weighted by Crippen LogP contribution is 2.27. The van der Waals surface area contributed by atoms with Crippen LogP contribution in [0.1, 0.15) is 30.8 Å². The summed E-state index contributed by atoms with van der Waals surface area (Å²) in [4.78, 5) is 22.3. The molecule has 3 unspecified atom stereocenters. The third-order valence-corrected chi connectivity index (χ3v) is 5.75. The van der Waals surface area contributed by atoms with Gasteiger partial charge in [0.25, 0.3) is 0 Å². The smallest absolute Gasteiger partial charge is 0.407 e. The van der Waals surface area contributed by atoms with Crippen LogP contribution in [0.3, 0.4) is 0 Å². The Balaban J connectivity index is 1.93. The van der Waals surface area contributed by atoms with Crippen molar-refractivity contribution in [2.24, 2.45) is 0 Å². The van der Waals surface area contributed by atoms with E-state index in [2.05, 4.69) is 31.2 Å². The fraction of sp³-hybridized carbons (Fsp3) is 0.450. The Morgan fingerprint density at radius 1 is 1.21 bits per heavy atom. The lowest BCUT2D eigenvalue weighted by molar-refractivity contribution is 0.131. The molecule has 7 nitrogen and oxygen atoms in total. The third kappa shape index (κ3) is 4.28. The summed E-state index contributed by atoms with van der Waals surface area (Å²) in [5.41, 5.74) is 2.62. The fourth-order valence-electron chi connectivity index (χ4n) is 3.63. The molecule has 1 aliphatic rings. The van der Waals surface area contributed by atoms with E-state index in [-0.39, 0.29) is 6.54 Å². The van der Waals surface area contributed by atoms with Crippen LogP contribution in [0.5, 0.6) is 0 Å². The number of carboxylic acid groups (broad SMARTS) is 1. The van der Waals surface area contributed by atoms with Gasteiger partial charge in [-0.2, -0.15) is 0 Å². The van der Waals surface area contributed by atoms with E-state index < -0.39 is 24.3 Å². The predicted octanol–water partition coefficient (Wildman–Crippen LogP) is 3.11. The van der Waals surface area contributed by atoms with E-state index in [0.29, 0.717) is 25.1 Å². The van der Waals surface area contributed by atoms with Gasteiger partial charge >= 0.3 is 6.09 Å². The number of likely N-dealkylation sites (tertiary alicyclic amines) is 1. The lowest BCUT2D eigenvalue weighted by Crippen LogP contribution is -2.44. The minimum Gasteiger partial charge on any atom is -0.465 e. The van der Waals surface area contributed by atoms with E-state index in [9.17, 15) is 15.0 Å². The zero-order valence-electron chi connectivity index (χ0n) is 16.0. The third-order valence-electron chi connectivity index (χ3n) is 5.11. The maximum absolute atomic E-state index is 11.8. The zero-order chi connectivity index (χ0) is 20.3. The number of hydrogen-bond donors (Lipinski definition) is 3. The number of amides is 1. The van der Waals surface area contributed by atoms with Gasteiger partial charge in [0.05, 0.1) is 36.1 Å². The lowest BCUT2D eigenvalue weighted by atomic mass is 9.99. The molecule has 1 aliphatic heterocycles. The van der Waals surface area contributed by atoms with Gasteiger partial charge in [0.1, 0.15) is 10.4 Å². The molecule has 28 heavy (non-hydrogen) atoms. The summed E-state index contributed by atoms with van der Waals surface area (Å²) in [6.45, 7) is 4.05. The number of nitrogens with one attached hydrogen (secondary N) is 1. The first-order chi connectivity index (χ1) is 13.4. The highest BCUT2D eigenvalue weighted by atomic mass is 79.9. The monoisotopic (exact) mass is 448 g/mol. The second kappa shape index (κ2) is 8.87. The number of halogens is 1. The van der Waals surface area contributed by atoms with Crippen LogP contribution in [-0.2, 0) is 19.3 Å². The van der Waals surface area contributed by atoms with Crippen molar-refractivity contribution in [3.05, 3.63) is 51.9 Å². The van der Waals surface area contributed by atoms with Crippen LogP contribution in [0, 0.1) is 0 Å². The summed E-state index contributed by atoms with van der Waals surface area (Å²) in [7, 11) is 0. The van der Waals surface area contributed by atoms with E-state index in [1.165, 1.54) is 4.90 Å². The van der Waals surface area contributed by atoms with Crippen molar-refractivity contribution >= 4 is 27.8 Å². The van der Waals surface area contributed by atoms with Gasteiger partial charge in [-0.15, -0.1) is 0 Å². The number of nitrogens with zero attached hydrogens (tertiary/aromatic N) is 3. The van der Waals surface area contributed by atoms with E-state index in [0.717, 1.165) is 21.6 Å². The molecule has 2 heterocycles. The second-order valence-electron chi connectivity index (χ2n) is 6.89. The molecule has 0 radical (unpaired) electrons. The molecule has 1 aromatic carbocycles. The molecule has 0 spiro atoms. The fourth-order valence-corrected chi connectivity index (χ4v) is 4.22. The van der Waals surface area contributed by atoms with Crippen molar-refractivity contribution in [2.45, 2.75) is 51.3 Å². The second-order valence-corrected chi connectivity index (χ2v) is 7.64. The zero-order valence-corrected chi connectivity index (χ0v) is 17.6. The summed E-state index contributed by atoms with van der Waals surface area (Å²) >= 11 is 3.45. The Morgan fingerprint density at radius 2 is 1.89 bits per heavy atom. The van der Waals surface area contributed by atoms with Crippen molar-refractivity contribution in [3.8, 4) is 0 Å².